The summed E-state index contributed by atoms with van der Waals surface area (Å²) in [5, 5.41) is 17.3. The van der Waals surface area contributed by atoms with Crippen molar-refractivity contribution in [1.82, 2.24) is 0 Å². The number of rotatable bonds is 0. The summed E-state index contributed by atoms with van der Waals surface area (Å²) in [4.78, 5) is 0. The zero-order valence-electron chi connectivity index (χ0n) is 6.09. The van der Waals surface area contributed by atoms with Crippen LogP contribution in [-0.2, 0) is 11.4 Å². The Balaban J connectivity index is 0.000000261. The smallest absolute Gasteiger partial charge is 0.299 e. The van der Waals surface area contributed by atoms with Crippen molar-refractivity contribution in [3.05, 3.63) is 12.0 Å². The second-order valence-corrected chi connectivity index (χ2v) is 2.22. The maximum absolute atomic E-state index is 8.70. The predicted octanol–water partition coefficient (Wildman–Crippen LogP) is 0.680. The van der Waals surface area contributed by atoms with Gasteiger partial charge in [-0.15, -0.1) is 0 Å². The van der Waals surface area contributed by atoms with Crippen LogP contribution < -0.4 is 0 Å². The Bertz CT molecular complexity index is 243. The van der Waals surface area contributed by atoms with Crippen LogP contribution in [0.5, 0.6) is 11.5 Å². The van der Waals surface area contributed by atoms with Crippen molar-refractivity contribution < 1.29 is 27.9 Å². The first kappa shape index (κ1) is 11.0. The predicted molar refractivity (Wildman–Crippen MR) is 40.2 cm³/mol. The molecule has 12 heavy (non-hydrogen) atoms. The van der Waals surface area contributed by atoms with Crippen molar-refractivity contribution >= 4 is 11.4 Å². The molecule has 0 aliphatic heterocycles. The summed E-state index contributed by atoms with van der Waals surface area (Å²) in [6.07, 6.45) is 1.09. The number of aryl methyl sites for hydroxylation is 1. The van der Waals surface area contributed by atoms with E-state index in [1.165, 1.54) is 0 Å². The molecule has 0 saturated heterocycles. The van der Waals surface area contributed by atoms with Gasteiger partial charge in [-0.2, -0.15) is 4.21 Å². The second kappa shape index (κ2) is 4.75. The fourth-order valence-electron chi connectivity index (χ4n) is 0.436. The van der Waals surface area contributed by atoms with Crippen LogP contribution in [0.2, 0.25) is 0 Å². The molecule has 0 bridgehead atoms. The molecule has 0 atom stereocenters. The molecule has 0 amide bonds. The Morgan fingerprint density at radius 1 is 1.42 bits per heavy atom. The van der Waals surface area contributed by atoms with Crippen LogP contribution in [0, 0.1) is 6.92 Å². The van der Waals surface area contributed by atoms with Crippen molar-refractivity contribution in [3.63, 3.8) is 0 Å². The molecule has 1 aromatic rings. The van der Waals surface area contributed by atoms with Crippen molar-refractivity contribution in [2.45, 2.75) is 6.92 Å². The molecule has 0 spiro atoms. The zero-order valence-corrected chi connectivity index (χ0v) is 6.91. The quantitative estimate of drug-likeness (QED) is 0.454. The molecular weight excluding hydrogens is 188 g/mol. The van der Waals surface area contributed by atoms with Crippen LogP contribution in [0.15, 0.2) is 10.7 Å². The molecule has 70 valence electrons. The minimum atomic E-state index is -2.61. The summed E-state index contributed by atoms with van der Waals surface area (Å²) in [5.74, 6) is -0.0463. The van der Waals surface area contributed by atoms with E-state index in [0.717, 1.165) is 6.26 Å². The monoisotopic (exact) mass is 196 g/mol. The summed E-state index contributed by atoms with van der Waals surface area (Å²) >= 11 is -2.61. The molecule has 4 N–H and O–H groups in total. The lowest BCUT2D eigenvalue weighted by atomic mass is 10.4. The van der Waals surface area contributed by atoms with Gasteiger partial charge < -0.3 is 14.6 Å². The van der Waals surface area contributed by atoms with E-state index >= 15 is 0 Å². The molecule has 0 aliphatic rings. The lowest BCUT2D eigenvalue weighted by molar-refractivity contribution is 0.405. The fraction of sp³-hybridized carbons (Fsp3) is 0.200. The molecule has 6 nitrogen and oxygen atoms in total. The molecule has 7 heteroatoms. The summed E-state index contributed by atoms with van der Waals surface area (Å²) in [6, 6.07) is 0. The minimum absolute atomic E-state index is 0.176. The van der Waals surface area contributed by atoms with Crippen LogP contribution in [0.25, 0.3) is 0 Å². The highest BCUT2D eigenvalue weighted by atomic mass is 32.2. The van der Waals surface area contributed by atoms with Gasteiger partial charge in [-0.25, -0.2) is 0 Å². The van der Waals surface area contributed by atoms with Crippen molar-refractivity contribution in [1.29, 1.82) is 0 Å². The van der Waals surface area contributed by atoms with E-state index in [0.29, 0.717) is 5.76 Å². The lowest BCUT2D eigenvalue weighted by Crippen LogP contribution is -1.74. The van der Waals surface area contributed by atoms with E-state index in [-0.39, 0.29) is 11.5 Å². The average Bonchev–Trinajstić information content (AvgIpc) is 2.19. The molecule has 0 aliphatic carbocycles. The molecule has 0 fully saturated rings. The van der Waals surface area contributed by atoms with E-state index in [9.17, 15) is 0 Å². The number of furan rings is 1. The van der Waals surface area contributed by atoms with Gasteiger partial charge in [0.15, 0.2) is 11.5 Å². The number of hydrogen-bond donors (Lipinski definition) is 4. The van der Waals surface area contributed by atoms with Crippen LogP contribution in [0.4, 0.5) is 0 Å². The summed E-state index contributed by atoms with van der Waals surface area (Å²) < 4.78 is 27.4. The van der Waals surface area contributed by atoms with Gasteiger partial charge in [-0.3, -0.25) is 9.11 Å². The van der Waals surface area contributed by atoms with Gasteiger partial charge in [-0.05, 0) is 6.92 Å². The highest BCUT2D eigenvalue weighted by molar-refractivity contribution is 7.73. The molecule has 0 unspecified atom stereocenters. The van der Waals surface area contributed by atoms with E-state index in [2.05, 4.69) is 4.42 Å². The zero-order chi connectivity index (χ0) is 9.72. The fourth-order valence-corrected chi connectivity index (χ4v) is 0.436. The Hall–Kier alpha value is -1.05. The molecule has 0 saturated carbocycles. The van der Waals surface area contributed by atoms with E-state index in [1.807, 2.05) is 0 Å². The average molecular weight is 196 g/mol. The lowest BCUT2D eigenvalue weighted by Gasteiger charge is -1.82. The van der Waals surface area contributed by atoms with Crippen LogP contribution in [-0.4, -0.2) is 23.5 Å². The van der Waals surface area contributed by atoms with Crippen LogP contribution in [0.1, 0.15) is 5.76 Å². The van der Waals surface area contributed by atoms with Crippen molar-refractivity contribution in [2.24, 2.45) is 0 Å². The molecule has 1 heterocycles. The largest absolute Gasteiger partial charge is 0.502 e. The molecule has 0 aromatic carbocycles. The van der Waals surface area contributed by atoms with Gasteiger partial charge in [-0.1, -0.05) is 0 Å². The normalized spacial score (nSPS) is 9.33. The first-order valence-electron chi connectivity index (χ1n) is 2.71. The summed E-state index contributed by atoms with van der Waals surface area (Å²) in [6.45, 7) is 1.56. The van der Waals surface area contributed by atoms with Gasteiger partial charge in [0.25, 0.3) is 11.4 Å². The minimum Gasteiger partial charge on any atom is -0.502 e. The maximum Gasteiger partial charge on any atom is 0.299 e. The van der Waals surface area contributed by atoms with Crippen molar-refractivity contribution in [3.8, 4) is 11.5 Å². The van der Waals surface area contributed by atoms with Gasteiger partial charge in [0, 0.05) is 0 Å². The molecule has 1 rings (SSSR count). The molecular formula is C5H8O6S. The molecule has 0 radical (unpaired) electrons. The summed E-state index contributed by atoms with van der Waals surface area (Å²) in [7, 11) is 0. The Kier molecular flexibility index (Phi) is 4.34. The Labute approximate surface area is 70.6 Å². The Morgan fingerprint density at radius 2 is 1.83 bits per heavy atom. The first-order chi connectivity index (χ1) is 5.45. The van der Waals surface area contributed by atoms with Crippen molar-refractivity contribution in [2.75, 3.05) is 0 Å². The van der Waals surface area contributed by atoms with E-state index in [1.54, 1.807) is 6.92 Å². The third-order valence-electron chi connectivity index (χ3n) is 0.923. The SMILES string of the molecule is Cc1occ(O)c1O.O=S(O)O. The van der Waals surface area contributed by atoms with Gasteiger partial charge in [0.1, 0.15) is 12.0 Å². The van der Waals surface area contributed by atoms with Crippen LogP contribution in [0.3, 0.4) is 0 Å². The summed E-state index contributed by atoms with van der Waals surface area (Å²) in [5.41, 5.74) is 0. The molecule has 1 aromatic heterocycles. The highest BCUT2D eigenvalue weighted by Crippen LogP contribution is 2.29. The van der Waals surface area contributed by atoms with Gasteiger partial charge >= 0.3 is 0 Å². The second-order valence-electron chi connectivity index (χ2n) is 1.76. The third-order valence-corrected chi connectivity index (χ3v) is 0.923. The number of hydrogen-bond acceptors (Lipinski definition) is 4. The Morgan fingerprint density at radius 3 is 1.92 bits per heavy atom. The standard InChI is InChI=1S/C5H6O3.H2O3S/c1-3-5(7)4(6)2-8-3;1-4(2)3/h2,6-7H,1H3;(H2,1,2,3). The van der Waals surface area contributed by atoms with E-state index in [4.69, 9.17) is 23.5 Å². The topological polar surface area (TPSA) is 111 Å². The maximum atomic E-state index is 8.70. The van der Waals surface area contributed by atoms with Gasteiger partial charge in [0.2, 0.25) is 0 Å². The van der Waals surface area contributed by atoms with E-state index < -0.39 is 11.4 Å². The van der Waals surface area contributed by atoms with Gasteiger partial charge in [0.05, 0.1) is 0 Å². The number of aromatic hydroxyl groups is 2. The first-order valence-corrected chi connectivity index (χ1v) is 3.77. The van der Waals surface area contributed by atoms with Crippen LogP contribution >= 0.6 is 0 Å². The highest BCUT2D eigenvalue weighted by Gasteiger charge is 2.04. The third kappa shape index (κ3) is 3.96.